The third-order valence-electron chi connectivity index (χ3n) is 4.64. The molecule has 112 valence electrons. The van der Waals surface area contributed by atoms with Crippen molar-refractivity contribution in [3.05, 3.63) is 0 Å². The largest absolute Gasteiger partial charge is 0.459 e. The molecule has 0 aromatic carbocycles. The molecule has 19 heavy (non-hydrogen) atoms. The molecule has 1 saturated carbocycles. The van der Waals surface area contributed by atoms with Crippen LogP contribution in [0.2, 0.25) is 0 Å². The van der Waals surface area contributed by atoms with E-state index in [1.165, 1.54) is 12.8 Å². The van der Waals surface area contributed by atoms with E-state index in [9.17, 15) is 4.79 Å². The molecule has 1 rings (SSSR count). The molecule has 1 fully saturated rings. The normalized spacial score (nSPS) is 22.3. The zero-order valence-corrected chi connectivity index (χ0v) is 13.9. The van der Waals surface area contributed by atoms with Gasteiger partial charge in [-0.05, 0) is 57.3 Å². The molecule has 0 N–H and O–H groups in total. The maximum Gasteiger partial charge on any atom is 0.312 e. The van der Waals surface area contributed by atoms with Crippen molar-refractivity contribution in [1.82, 2.24) is 0 Å². The first-order valence-electron chi connectivity index (χ1n) is 7.72. The van der Waals surface area contributed by atoms with Crippen LogP contribution in [-0.2, 0) is 9.53 Å². The van der Waals surface area contributed by atoms with Gasteiger partial charge in [0.2, 0.25) is 0 Å². The topological polar surface area (TPSA) is 26.3 Å². The second kappa shape index (κ2) is 5.46. The molecule has 0 amide bonds. The first kappa shape index (κ1) is 16.5. The molecule has 0 bridgehead atoms. The molecule has 0 spiro atoms. The van der Waals surface area contributed by atoms with Gasteiger partial charge in [-0.15, -0.1) is 0 Å². The second-order valence-electron chi connectivity index (χ2n) is 8.36. The van der Waals surface area contributed by atoms with Crippen LogP contribution in [0.1, 0.15) is 80.6 Å². The summed E-state index contributed by atoms with van der Waals surface area (Å²) in [6.45, 7) is 15.0. The van der Waals surface area contributed by atoms with Crippen LogP contribution in [0.25, 0.3) is 0 Å². The Bertz CT molecular complexity index is 319. The Hall–Kier alpha value is -0.530. The lowest BCUT2D eigenvalue weighted by Crippen LogP contribution is -2.42. The fourth-order valence-electron chi connectivity index (χ4n) is 3.18. The van der Waals surface area contributed by atoms with Gasteiger partial charge in [-0.3, -0.25) is 4.79 Å². The first-order chi connectivity index (χ1) is 8.49. The van der Waals surface area contributed by atoms with Crippen molar-refractivity contribution in [2.24, 2.45) is 16.7 Å². The van der Waals surface area contributed by atoms with Crippen LogP contribution in [0.15, 0.2) is 0 Å². The molecule has 0 heterocycles. The third-order valence-corrected chi connectivity index (χ3v) is 4.64. The minimum Gasteiger partial charge on any atom is -0.459 e. The summed E-state index contributed by atoms with van der Waals surface area (Å²) in [5.41, 5.74) is -0.469. The molecular formula is C17H32O2. The van der Waals surface area contributed by atoms with E-state index in [1.807, 2.05) is 0 Å². The van der Waals surface area contributed by atoms with E-state index in [2.05, 4.69) is 48.5 Å². The summed E-state index contributed by atoms with van der Waals surface area (Å²) in [4.78, 5) is 12.7. The highest BCUT2D eigenvalue weighted by atomic mass is 16.6. The lowest BCUT2D eigenvalue weighted by molar-refractivity contribution is -0.174. The van der Waals surface area contributed by atoms with Gasteiger partial charge in [-0.1, -0.05) is 34.6 Å². The van der Waals surface area contributed by atoms with Gasteiger partial charge >= 0.3 is 5.97 Å². The van der Waals surface area contributed by atoms with E-state index >= 15 is 0 Å². The number of hydrogen-bond donors (Lipinski definition) is 0. The standard InChI is InChI=1S/C17H32O2/c1-13(2)17(7,12-15(3,4)5)14(18)19-16(6)10-8-9-11-16/h13H,8-12H2,1-7H3. The predicted molar refractivity (Wildman–Crippen MR) is 80.0 cm³/mol. The van der Waals surface area contributed by atoms with Gasteiger partial charge in [0.05, 0.1) is 5.41 Å². The number of carbonyl (C=O) groups is 1. The van der Waals surface area contributed by atoms with E-state index in [1.54, 1.807) is 0 Å². The summed E-state index contributed by atoms with van der Waals surface area (Å²) in [7, 11) is 0. The molecule has 1 aliphatic rings. The van der Waals surface area contributed by atoms with Gasteiger partial charge in [-0.25, -0.2) is 0 Å². The zero-order valence-electron chi connectivity index (χ0n) is 13.9. The van der Waals surface area contributed by atoms with E-state index in [0.29, 0.717) is 5.92 Å². The molecule has 0 aliphatic heterocycles. The average molecular weight is 268 g/mol. The number of hydrogen-bond acceptors (Lipinski definition) is 2. The third kappa shape index (κ3) is 4.22. The lowest BCUT2D eigenvalue weighted by Gasteiger charge is -2.39. The Labute approximate surface area is 119 Å². The van der Waals surface area contributed by atoms with Gasteiger partial charge in [0.25, 0.3) is 0 Å². The minimum absolute atomic E-state index is 0.00169. The fourth-order valence-corrected chi connectivity index (χ4v) is 3.18. The van der Waals surface area contributed by atoms with Crippen LogP contribution in [-0.4, -0.2) is 11.6 Å². The molecule has 0 aromatic heterocycles. The summed E-state index contributed by atoms with van der Waals surface area (Å²) in [6, 6.07) is 0. The molecular weight excluding hydrogens is 236 g/mol. The van der Waals surface area contributed by atoms with Gasteiger partial charge in [0, 0.05) is 0 Å². The van der Waals surface area contributed by atoms with Crippen molar-refractivity contribution in [3.63, 3.8) is 0 Å². The fraction of sp³-hybridized carbons (Fsp3) is 0.941. The van der Waals surface area contributed by atoms with Crippen molar-refractivity contribution in [2.45, 2.75) is 86.2 Å². The van der Waals surface area contributed by atoms with E-state index < -0.39 is 0 Å². The Morgan fingerprint density at radius 1 is 1.16 bits per heavy atom. The summed E-state index contributed by atoms with van der Waals surface area (Å²) >= 11 is 0. The number of ether oxygens (including phenoxy) is 1. The second-order valence-corrected chi connectivity index (χ2v) is 8.36. The molecule has 1 aliphatic carbocycles. The lowest BCUT2D eigenvalue weighted by atomic mass is 9.68. The smallest absolute Gasteiger partial charge is 0.312 e. The van der Waals surface area contributed by atoms with Gasteiger partial charge in [0.15, 0.2) is 0 Å². The molecule has 1 unspecified atom stereocenters. The molecule has 0 saturated heterocycles. The quantitative estimate of drug-likeness (QED) is 0.673. The zero-order chi connectivity index (χ0) is 14.9. The highest BCUT2D eigenvalue weighted by molar-refractivity contribution is 5.77. The molecule has 2 nitrogen and oxygen atoms in total. The number of rotatable bonds is 4. The SMILES string of the molecule is CC(C)C(C)(CC(C)(C)C)C(=O)OC1(C)CCCC1. The van der Waals surface area contributed by atoms with Crippen LogP contribution in [0.5, 0.6) is 0 Å². The van der Waals surface area contributed by atoms with Crippen molar-refractivity contribution < 1.29 is 9.53 Å². The Balaban J connectivity index is 2.84. The van der Waals surface area contributed by atoms with Gasteiger partial charge in [-0.2, -0.15) is 0 Å². The highest BCUT2D eigenvalue weighted by Crippen LogP contribution is 2.43. The Morgan fingerprint density at radius 3 is 2.00 bits per heavy atom. The van der Waals surface area contributed by atoms with Crippen LogP contribution in [0, 0.1) is 16.7 Å². The average Bonchev–Trinajstić information content (AvgIpc) is 2.61. The highest BCUT2D eigenvalue weighted by Gasteiger charge is 2.44. The molecule has 2 heteroatoms. The predicted octanol–water partition coefficient (Wildman–Crippen LogP) is 4.96. The van der Waals surface area contributed by atoms with E-state index in [-0.39, 0.29) is 22.4 Å². The Kier molecular flexibility index (Phi) is 4.75. The molecule has 0 radical (unpaired) electrons. The van der Waals surface area contributed by atoms with Gasteiger partial charge < -0.3 is 4.74 Å². The summed E-state index contributed by atoms with van der Waals surface area (Å²) in [6.07, 6.45) is 5.26. The Morgan fingerprint density at radius 2 is 1.63 bits per heavy atom. The van der Waals surface area contributed by atoms with Crippen molar-refractivity contribution in [1.29, 1.82) is 0 Å². The summed E-state index contributed by atoms with van der Waals surface area (Å²) in [5.74, 6) is 0.297. The van der Waals surface area contributed by atoms with E-state index in [0.717, 1.165) is 19.3 Å². The molecule has 0 aromatic rings. The number of carbonyl (C=O) groups excluding carboxylic acids is 1. The number of esters is 1. The monoisotopic (exact) mass is 268 g/mol. The van der Waals surface area contributed by atoms with Crippen LogP contribution >= 0.6 is 0 Å². The summed E-state index contributed by atoms with van der Waals surface area (Å²) < 4.78 is 5.93. The van der Waals surface area contributed by atoms with E-state index in [4.69, 9.17) is 4.74 Å². The van der Waals surface area contributed by atoms with Crippen molar-refractivity contribution in [2.75, 3.05) is 0 Å². The van der Waals surface area contributed by atoms with Crippen LogP contribution in [0.4, 0.5) is 0 Å². The van der Waals surface area contributed by atoms with Crippen LogP contribution in [0.3, 0.4) is 0 Å². The minimum atomic E-state index is -0.385. The summed E-state index contributed by atoms with van der Waals surface area (Å²) in [5, 5.41) is 0. The van der Waals surface area contributed by atoms with Gasteiger partial charge in [0.1, 0.15) is 5.60 Å². The molecule has 1 atom stereocenters. The van der Waals surface area contributed by atoms with Crippen molar-refractivity contribution >= 4 is 5.97 Å². The van der Waals surface area contributed by atoms with Crippen LogP contribution < -0.4 is 0 Å². The maximum atomic E-state index is 12.7. The van der Waals surface area contributed by atoms with Crippen molar-refractivity contribution in [3.8, 4) is 0 Å². The maximum absolute atomic E-state index is 12.7. The first-order valence-corrected chi connectivity index (χ1v) is 7.72.